The van der Waals surface area contributed by atoms with Crippen LogP contribution in [0.15, 0.2) is 194 Å². The number of hydrogen-bond donors (Lipinski definition) is 0. The molecule has 0 aliphatic carbocycles. The minimum Gasteiger partial charge on any atom is -0.246 e. The van der Waals surface area contributed by atoms with Gasteiger partial charge >= 0.3 is 0 Å². The summed E-state index contributed by atoms with van der Waals surface area (Å²) >= 11 is 0. The summed E-state index contributed by atoms with van der Waals surface area (Å²) in [6.07, 6.45) is 0. The highest BCUT2D eigenvalue weighted by Crippen LogP contribution is 2.35. The fourth-order valence-electron chi connectivity index (χ4n) is 6.19. The van der Waals surface area contributed by atoms with Gasteiger partial charge < -0.3 is 0 Å². The fraction of sp³-hybridized carbons (Fsp3) is 0. The highest BCUT2D eigenvalue weighted by Gasteiger charge is 2.14. The van der Waals surface area contributed by atoms with Crippen molar-refractivity contribution in [1.82, 2.24) is 9.97 Å². The van der Waals surface area contributed by atoms with Gasteiger partial charge in [0.05, 0.1) is 22.8 Å². The molecule has 0 aliphatic heterocycles. The van der Waals surface area contributed by atoms with E-state index in [1.165, 1.54) is 22.3 Å². The summed E-state index contributed by atoms with van der Waals surface area (Å²) < 4.78 is 0. The third-order valence-corrected chi connectivity index (χ3v) is 8.66. The van der Waals surface area contributed by atoms with Gasteiger partial charge in [0.1, 0.15) is 0 Å². The largest absolute Gasteiger partial charge is 0.246 e. The zero-order valence-corrected chi connectivity index (χ0v) is 26.4. The molecule has 0 bridgehead atoms. The third kappa shape index (κ3) is 6.20. The Morgan fingerprint density at radius 1 is 0.188 bits per heavy atom. The Labute approximate surface area is 281 Å². The van der Waals surface area contributed by atoms with Gasteiger partial charge in [-0.2, -0.15) is 0 Å². The third-order valence-electron chi connectivity index (χ3n) is 8.66. The van der Waals surface area contributed by atoms with Crippen LogP contribution in [-0.2, 0) is 0 Å². The summed E-state index contributed by atoms with van der Waals surface area (Å²) in [5, 5.41) is 0. The number of benzene rings is 6. The molecule has 0 saturated carbocycles. The molecule has 8 rings (SSSR count). The second-order valence-electron chi connectivity index (χ2n) is 11.9. The predicted molar refractivity (Wildman–Crippen MR) is 200 cm³/mol. The van der Waals surface area contributed by atoms with E-state index in [0.717, 1.165) is 56.2 Å². The zero-order chi connectivity index (χ0) is 32.1. The van der Waals surface area contributed by atoms with Crippen LogP contribution >= 0.6 is 0 Å². The summed E-state index contributed by atoms with van der Waals surface area (Å²) in [5.74, 6) is 0. The average Bonchev–Trinajstić information content (AvgIpc) is 3.19. The Bertz CT molecular complexity index is 2150. The Balaban J connectivity index is 1.31. The van der Waals surface area contributed by atoms with Gasteiger partial charge in [0, 0.05) is 11.1 Å². The summed E-state index contributed by atoms with van der Waals surface area (Å²) in [5.41, 5.74) is 14.8. The Morgan fingerprint density at radius 2 is 0.458 bits per heavy atom. The molecule has 0 fully saturated rings. The highest BCUT2D eigenvalue weighted by molar-refractivity contribution is 5.82. The number of rotatable bonds is 7. The van der Waals surface area contributed by atoms with Crippen molar-refractivity contribution in [3.63, 3.8) is 0 Å². The first-order valence-electron chi connectivity index (χ1n) is 16.2. The number of hydrogen-bond acceptors (Lipinski definition) is 2. The van der Waals surface area contributed by atoms with Crippen LogP contribution in [0, 0.1) is 0 Å². The minimum absolute atomic E-state index is 0.828. The maximum absolute atomic E-state index is 5.25. The molecule has 0 unspecified atom stereocenters. The standard InChI is InChI=1S/C46H32N2/c1-5-15-33(16-6-1)37-23-13-25-39(27-37)41-29-43(35-19-9-3-10-20-35)47-45(31-41)46-32-42(30-44(48-46)36-21-11-4-12-22-36)40-26-14-24-38(28-40)34-17-7-2-8-18-34/h1-32H. The lowest BCUT2D eigenvalue weighted by Gasteiger charge is -2.14. The van der Waals surface area contributed by atoms with Crippen LogP contribution in [0.2, 0.25) is 0 Å². The first-order valence-corrected chi connectivity index (χ1v) is 16.2. The first-order chi connectivity index (χ1) is 23.8. The molecule has 8 aromatic rings. The van der Waals surface area contributed by atoms with E-state index >= 15 is 0 Å². The van der Waals surface area contributed by atoms with Gasteiger partial charge in [-0.1, -0.05) is 158 Å². The van der Waals surface area contributed by atoms with E-state index in [-0.39, 0.29) is 0 Å². The molecule has 0 N–H and O–H groups in total. The molecule has 226 valence electrons. The van der Waals surface area contributed by atoms with Crippen LogP contribution in [0.5, 0.6) is 0 Å². The van der Waals surface area contributed by atoms with Gasteiger partial charge in [0.2, 0.25) is 0 Å². The zero-order valence-electron chi connectivity index (χ0n) is 26.4. The Kier molecular flexibility index (Phi) is 7.96. The molecule has 0 radical (unpaired) electrons. The number of nitrogens with zero attached hydrogens (tertiary/aromatic N) is 2. The van der Waals surface area contributed by atoms with E-state index in [2.05, 4.69) is 182 Å². The number of aromatic nitrogens is 2. The molecular weight excluding hydrogens is 581 g/mol. The monoisotopic (exact) mass is 612 g/mol. The van der Waals surface area contributed by atoms with E-state index in [4.69, 9.17) is 9.97 Å². The molecule has 2 aromatic heterocycles. The van der Waals surface area contributed by atoms with Gasteiger partial charge in [-0.15, -0.1) is 0 Å². The van der Waals surface area contributed by atoms with Gasteiger partial charge in [0.25, 0.3) is 0 Å². The van der Waals surface area contributed by atoms with Crippen LogP contribution < -0.4 is 0 Å². The molecule has 0 amide bonds. The summed E-state index contributed by atoms with van der Waals surface area (Å²) in [6, 6.07) is 68.0. The molecule has 0 spiro atoms. The second-order valence-corrected chi connectivity index (χ2v) is 11.9. The Morgan fingerprint density at radius 3 is 0.812 bits per heavy atom. The SMILES string of the molecule is c1ccc(-c2cccc(-c3cc(-c4ccccc4)nc(-c4cc(-c5cccc(-c6ccccc6)c5)cc(-c5ccccc5)n4)c3)c2)cc1. The smallest absolute Gasteiger partial charge is 0.0900 e. The quantitative estimate of drug-likeness (QED) is 0.179. The molecule has 0 saturated heterocycles. The highest BCUT2D eigenvalue weighted by atomic mass is 14.8. The van der Waals surface area contributed by atoms with Crippen molar-refractivity contribution in [3.8, 4) is 78.4 Å². The molecular formula is C46H32N2. The van der Waals surface area contributed by atoms with Gasteiger partial charge in [-0.3, -0.25) is 0 Å². The lowest BCUT2D eigenvalue weighted by Crippen LogP contribution is -1.96. The van der Waals surface area contributed by atoms with E-state index in [9.17, 15) is 0 Å². The molecule has 2 heterocycles. The van der Waals surface area contributed by atoms with Gasteiger partial charge in [0.15, 0.2) is 0 Å². The second kappa shape index (κ2) is 13.2. The van der Waals surface area contributed by atoms with Crippen molar-refractivity contribution < 1.29 is 0 Å². The summed E-state index contributed by atoms with van der Waals surface area (Å²) in [4.78, 5) is 10.5. The van der Waals surface area contributed by atoms with E-state index in [0.29, 0.717) is 0 Å². The van der Waals surface area contributed by atoms with Crippen molar-refractivity contribution in [2.24, 2.45) is 0 Å². The van der Waals surface area contributed by atoms with Crippen molar-refractivity contribution in [2.45, 2.75) is 0 Å². The van der Waals surface area contributed by atoms with Crippen LogP contribution in [0.25, 0.3) is 78.4 Å². The molecule has 2 heteroatoms. The number of pyridine rings is 2. The predicted octanol–water partition coefficient (Wildman–Crippen LogP) is 12.1. The lowest BCUT2D eigenvalue weighted by atomic mass is 9.95. The van der Waals surface area contributed by atoms with Crippen molar-refractivity contribution in [2.75, 3.05) is 0 Å². The van der Waals surface area contributed by atoms with E-state index in [1.54, 1.807) is 0 Å². The molecule has 0 atom stereocenters. The van der Waals surface area contributed by atoms with Gasteiger partial charge in [-0.05, 0) is 80.9 Å². The van der Waals surface area contributed by atoms with E-state index in [1.807, 2.05) is 12.1 Å². The van der Waals surface area contributed by atoms with Crippen LogP contribution in [0.3, 0.4) is 0 Å². The molecule has 0 aliphatic rings. The fourth-order valence-corrected chi connectivity index (χ4v) is 6.19. The van der Waals surface area contributed by atoms with Crippen molar-refractivity contribution in [1.29, 1.82) is 0 Å². The van der Waals surface area contributed by atoms with Crippen molar-refractivity contribution >= 4 is 0 Å². The molecule has 48 heavy (non-hydrogen) atoms. The average molecular weight is 613 g/mol. The normalized spacial score (nSPS) is 10.9. The van der Waals surface area contributed by atoms with Crippen LogP contribution in [0.4, 0.5) is 0 Å². The Hall–Kier alpha value is -6.38. The van der Waals surface area contributed by atoms with Gasteiger partial charge in [-0.25, -0.2) is 9.97 Å². The summed E-state index contributed by atoms with van der Waals surface area (Å²) in [7, 11) is 0. The molecule has 2 nitrogen and oxygen atoms in total. The van der Waals surface area contributed by atoms with Crippen LogP contribution in [-0.4, -0.2) is 9.97 Å². The first kappa shape index (κ1) is 29.1. The lowest BCUT2D eigenvalue weighted by molar-refractivity contribution is 1.25. The van der Waals surface area contributed by atoms with Crippen molar-refractivity contribution in [3.05, 3.63) is 194 Å². The summed E-state index contributed by atoms with van der Waals surface area (Å²) in [6.45, 7) is 0. The topological polar surface area (TPSA) is 25.8 Å². The maximum atomic E-state index is 5.25. The maximum Gasteiger partial charge on any atom is 0.0900 e. The van der Waals surface area contributed by atoms with Crippen LogP contribution in [0.1, 0.15) is 0 Å². The molecule has 6 aromatic carbocycles. The minimum atomic E-state index is 0.828. The van der Waals surface area contributed by atoms with E-state index < -0.39 is 0 Å².